The Kier molecular flexibility index (Phi) is 7.44. The van der Waals surface area contributed by atoms with Gasteiger partial charge in [0.2, 0.25) is 11.8 Å². The van der Waals surface area contributed by atoms with E-state index in [2.05, 4.69) is 22.2 Å². The van der Waals surface area contributed by atoms with E-state index in [1.54, 1.807) is 0 Å². The summed E-state index contributed by atoms with van der Waals surface area (Å²) in [4.78, 5) is 42.0. The Morgan fingerprint density at radius 3 is 2.73 bits per heavy atom. The molecule has 1 atom stereocenters. The molecule has 2 aliphatic heterocycles. The highest BCUT2D eigenvalue weighted by Gasteiger charge is 2.30. The van der Waals surface area contributed by atoms with Crippen LogP contribution in [0.2, 0.25) is 0 Å². The van der Waals surface area contributed by atoms with Crippen molar-refractivity contribution in [3.05, 3.63) is 23.3 Å². The molecule has 3 rings (SSSR count). The van der Waals surface area contributed by atoms with Crippen LogP contribution in [0.4, 0.5) is 5.69 Å². The first kappa shape index (κ1) is 22.2. The average molecular weight is 417 g/mol. The van der Waals surface area contributed by atoms with Gasteiger partial charge in [-0.15, -0.1) is 0 Å². The minimum atomic E-state index is -0.385. The summed E-state index contributed by atoms with van der Waals surface area (Å²) in [6.07, 6.45) is 2.72. The Bertz CT molecular complexity index is 798. The van der Waals surface area contributed by atoms with Gasteiger partial charge in [0, 0.05) is 38.2 Å². The molecule has 0 radical (unpaired) electrons. The van der Waals surface area contributed by atoms with Crippen LogP contribution in [-0.4, -0.2) is 80.8 Å². The van der Waals surface area contributed by atoms with Crippen molar-refractivity contribution in [3.8, 4) is 5.75 Å². The van der Waals surface area contributed by atoms with Crippen LogP contribution in [0.5, 0.6) is 5.75 Å². The van der Waals surface area contributed by atoms with Gasteiger partial charge in [-0.1, -0.05) is 0 Å². The summed E-state index contributed by atoms with van der Waals surface area (Å²) in [5.74, 6) is 0.215. The summed E-state index contributed by atoms with van der Waals surface area (Å²) in [7, 11) is 3.98. The van der Waals surface area contributed by atoms with E-state index in [9.17, 15) is 14.4 Å². The van der Waals surface area contributed by atoms with Crippen molar-refractivity contribution in [1.29, 1.82) is 0 Å². The van der Waals surface area contributed by atoms with E-state index >= 15 is 0 Å². The Morgan fingerprint density at radius 1 is 1.23 bits per heavy atom. The van der Waals surface area contributed by atoms with E-state index in [1.165, 1.54) is 0 Å². The molecule has 0 aromatic heterocycles. The van der Waals surface area contributed by atoms with Crippen LogP contribution in [0.15, 0.2) is 12.1 Å². The smallest absolute Gasteiger partial charge is 0.243 e. The van der Waals surface area contributed by atoms with Crippen LogP contribution in [0.25, 0.3) is 0 Å². The quantitative estimate of drug-likeness (QED) is 0.530. The maximum atomic E-state index is 12.2. The molecule has 0 aliphatic carbocycles. The van der Waals surface area contributed by atoms with Crippen LogP contribution in [0.1, 0.15) is 42.1 Å². The van der Waals surface area contributed by atoms with Gasteiger partial charge in [0.05, 0.1) is 18.3 Å². The van der Waals surface area contributed by atoms with Gasteiger partial charge in [-0.05, 0) is 58.1 Å². The molecule has 30 heavy (non-hydrogen) atoms. The fraction of sp³-hybridized carbons (Fsp3) is 0.591. The maximum Gasteiger partial charge on any atom is 0.243 e. The van der Waals surface area contributed by atoms with Gasteiger partial charge in [-0.3, -0.25) is 24.6 Å². The normalized spacial score (nSPS) is 20.8. The largest absolute Gasteiger partial charge is 0.492 e. The Balaban J connectivity index is 1.88. The van der Waals surface area contributed by atoms with Gasteiger partial charge in [0.1, 0.15) is 5.75 Å². The molecule has 164 valence electrons. The lowest BCUT2D eigenvalue weighted by Gasteiger charge is -2.31. The molecule has 8 heteroatoms. The minimum Gasteiger partial charge on any atom is -0.492 e. The molecule has 2 aliphatic rings. The molecular formula is C22H32N4O4. The number of carbonyl (C=O) groups is 3. The molecule has 0 spiro atoms. The molecule has 8 nitrogen and oxygen atoms in total. The van der Waals surface area contributed by atoms with Crippen molar-refractivity contribution in [1.82, 2.24) is 15.1 Å². The van der Waals surface area contributed by atoms with Crippen molar-refractivity contribution in [2.75, 3.05) is 51.8 Å². The van der Waals surface area contributed by atoms with Gasteiger partial charge in [-0.2, -0.15) is 0 Å². The van der Waals surface area contributed by atoms with Crippen LogP contribution in [0.3, 0.4) is 0 Å². The number of rotatable bonds is 7. The lowest BCUT2D eigenvalue weighted by Crippen LogP contribution is -2.51. The number of hydrogen-bond donors (Lipinski definition) is 1. The first-order valence-corrected chi connectivity index (χ1v) is 10.6. The number of ether oxygens (including phenoxy) is 1. The van der Waals surface area contributed by atoms with Gasteiger partial charge in [0.25, 0.3) is 0 Å². The number of imide groups is 1. The number of likely N-dealkylation sites (N-methyl/N-ethyl adjacent to an activating group) is 2. The van der Waals surface area contributed by atoms with Crippen molar-refractivity contribution < 1.29 is 19.1 Å². The number of piperidine rings is 1. The second kappa shape index (κ2) is 10.0. The van der Waals surface area contributed by atoms with E-state index in [0.29, 0.717) is 31.6 Å². The molecule has 1 aromatic rings. The average Bonchev–Trinajstić information content (AvgIpc) is 2.93. The summed E-state index contributed by atoms with van der Waals surface area (Å²) in [5, 5.41) is 2.40. The second-order valence-corrected chi connectivity index (χ2v) is 8.10. The molecular weight excluding hydrogens is 384 g/mol. The van der Waals surface area contributed by atoms with Gasteiger partial charge >= 0.3 is 0 Å². The van der Waals surface area contributed by atoms with Gasteiger partial charge in [-0.25, -0.2) is 0 Å². The van der Waals surface area contributed by atoms with Crippen molar-refractivity contribution in [2.45, 2.75) is 38.8 Å². The number of aldehydes is 1. The monoisotopic (exact) mass is 416 g/mol. The summed E-state index contributed by atoms with van der Waals surface area (Å²) in [6.45, 7) is 6.73. The molecule has 0 bridgehead atoms. The number of carbonyl (C=O) groups excluding carboxylic acids is 3. The number of benzene rings is 1. The predicted molar refractivity (Wildman–Crippen MR) is 115 cm³/mol. The molecule has 1 aromatic carbocycles. The van der Waals surface area contributed by atoms with E-state index in [1.807, 2.05) is 31.0 Å². The number of hydrogen-bond acceptors (Lipinski definition) is 7. The van der Waals surface area contributed by atoms with Crippen LogP contribution >= 0.6 is 0 Å². The Morgan fingerprint density at radius 2 is 2.03 bits per heavy atom. The Hall–Kier alpha value is -2.45. The zero-order chi connectivity index (χ0) is 21.7. The summed E-state index contributed by atoms with van der Waals surface area (Å²) in [5.41, 5.74) is 2.41. The van der Waals surface area contributed by atoms with Crippen LogP contribution < -0.4 is 15.0 Å². The Labute approximate surface area is 178 Å². The second-order valence-electron chi connectivity index (χ2n) is 8.10. The van der Waals surface area contributed by atoms with Crippen LogP contribution in [-0.2, 0) is 16.1 Å². The highest BCUT2D eigenvalue weighted by Crippen LogP contribution is 2.33. The highest BCUT2D eigenvalue weighted by atomic mass is 16.5. The molecule has 2 heterocycles. The molecule has 2 amide bonds. The maximum absolute atomic E-state index is 12.2. The van der Waals surface area contributed by atoms with Gasteiger partial charge < -0.3 is 14.5 Å². The molecule has 1 N–H and O–H groups in total. The van der Waals surface area contributed by atoms with E-state index in [0.717, 1.165) is 55.9 Å². The first-order valence-electron chi connectivity index (χ1n) is 10.6. The topological polar surface area (TPSA) is 82.2 Å². The minimum absolute atomic E-state index is 0.229. The van der Waals surface area contributed by atoms with Crippen molar-refractivity contribution >= 4 is 23.8 Å². The third-order valence-electron chi connectivity index (χ3n) is 5.87. The fourth-order valence-electron chi connectivity index (χ4n) is 4.16. The zero-order valence-corrected chi connectivity index (χ0v) is 18.1. The van der Waals surface area contributed by atoms with E-state index in [-0.39, 0.29) is 17.9 Å². The summed E-state index contributed by atoms with van der Waals surface area (Å²) in [6, 6.07) is 3.46. The third-order valence-corrected chi connectivity index (χ3v) is 5.87. The van der Waals surface area contributed by atoms with Crippen LogP contribution in [0, 0.1) is 0 Å². The standard InChI is InChI=1S/C22H32N4O4/c1-4-30-20-13-17(15-27)16(12-19(20)26-9-5-8-24(2)10-11-26)14-25(3)18-6-7-21(28)23-22(18)29/h12-13,15,18H,4-11,14H2,1-3H3,(H,23,28,29). The summed E-state index contributed by atoms with van der Waals surface area (Å²) >= 11 is 0. The fourth-order valence-corrected chi connectivity index (χ4v) is 4.16. The number of anilines is 1. The molecule has 1 unspecified atom stereocenters. The summed E-state index contributed by atoms with van der Waals surface area (Å²) < 4.78 is 5.88. The lowest BCUT2D eigenvalue weighted by molar-refractivity contribution is -0.137. The third kappa shape index (κ3) is 5.17. The molecule has 2 fully saturated rings. The molecule has 2 saturated heterocycles. The van der Waals surface area contributed by atoms with E-state index in [4.69, 9.17) is 4.74 Å². The van der Waals surface area contributed by atoms with Crippen molar-refractivity contribution in [3.63, 3.8) is 0 Å². The van der Waals surface area contributed by atoms with E-state index < -0.39 is 0 Å². The number of nitrogens with one attached hydrogen (secondary N) is 1. The molecule has 0 saturated carbocycles. The van der Waals surface area contributed by atoms with Gasteiger partial charge in [0.15, 0.2) is 6.29 Å². The first-order chi connectivity index (χ1) is 14.4. The highest BCUT2D eigenvalue weighted by molar-refractivity contribution is 6.00. The zero-order valence-electron chi connectivity index (χ0n) is 18.1. The lowest BCUT2D eigenvalue weighted by atomic mass is 10.0. The number of nitrogens with zero attached hydrogens (tertiary/aromatic N) is 3. The SMILES string of the molecule is CCOc1cc(C=O)c(CN(C)C2CCC(=O)NC2=O)cc1N1CCCN(C)CC1. The van der Waals surface area contributed by atoms with Crippen molar-refractivity contribution in [2.24, 2.45) is 0 Å². The predicted octanol–water partition coefficient (Wildman–Crippen LogP) is 1.28. The number of amides is 2.